The van der Waals surface area contributed by atoms with E-state index in [9.17, 15) is 15.2 Å². The number of halogens is 1. The first-order chi connectivity index (χ1) is 10.9. The molecule has 0 saturated heterocycles. The van der Waals surface area contributed by atoms with Gasteiger partial charge in [0.1, 0.15) is 0 Å². The van der Waals surface area contributed by atoms with Crippen LogP contribution in [-0.4, -0.2) is 21.4 Å². The lowest BCUT2D eigenvalue weighted by atomic mass is 10.2. The summed E-state index contributed by atoms with van der Waals surface area (Å²) < 4.78 is 0.472. The van der Waals surface area contributed by atoms with Crippen molar-refractivity contribution in [3.63, 3.8) is 0 Å². The van der Waals surface area contributed by atoms with E-state index >= 15 is 0 Å². The third kappa shape index (κ3) is 4.47. The largest absolute Gasteiger partial charge is 0.502 e. The van der Waals surface area contributed by atoms with Crippen molar-refractivity contribution >= 4 is 56.5 Å². The van der Waals surface area contributed by atoms with Crippen molar-refractivity contribution in [2.75, 3.05) is 5.32 Å². The van der Waals surface area contributed by atoms with Crippen LogP contribution in [0.2, 0.25) is 0 Å². The number of phenols is 1. The standard InChI is InChI=1S/C14H11BrN4O3S/c15-9-5-8(13(20)12(6-9)19(21)22)7-17-10-1-3-11(4-2-10)18-14(16)23/h1-7,20H,(H3,16,18,23). The number of aliphatic imine (C=N–C) groups is 1. The molecule has 4 N–H and O–H groups in total. The van der Waals surface area contributed by atoms with Crippen LogP contribution in [0, 0.1) is 10.1 Å². The lowest BCUT2D eigenvalue weighted by Gasteiger charge is -2.04. The number of benzene rings is 2. The highest BCUT2D eigenvalue weighted by Crippen LogP contribution is 2.32. The van der Waals surface area contributed by atoms with Gasteiger partial charge in [-0.15, -0.1) is 0 Å². The highest BCUT2D eigenvalue weighted by molar-refractivity contribution is 9.10. The summed E-state index contributed by atoms with van der Waals surface area (Å²) in [5.74, 6) is -0.436. The zero-order valence-corrected chi connectivity index (χ0v) is 14.0. The van der Waals surface area contributed by atoms with E-state index < -0.39 is 16.4 Å². The molecular weight excluding hydrogens is 384 g/mol. The van der Waals surface area contributed by atoms with Gasteiger partial charge in [-0.25, -0.2) is 0 Å². The number of nitro benzene ring substituents is 1. The maximum atomic E-state index is 10.9. The quantitative estimate of drug-likeness (QED) is 0.316. The maximum absolute atomic E-state index is 10.9. The number of nitrogens with two attached hydrogens (primary N) is 1. The average Bonchev–Trinajstić information content (AvgIpc) is 2.48. The van der Waals surface area contributed by atoms with Gasteiger partial charge in [0.15, 0.2) is 5.11 Å². The maximum Gasteiger partial charge on any atom is 0.312 e. The summed E-state index contributed by atoms with van der Waals surface area (Å²) in [6.07, 6.45) is 1.35. The second-order valence-electron chi connectivity index (χ2n) is 4.41. The van der Waals surface area contributed by atoms with Crippen molar-refractivity contribution in [2.45, 2.75) is 0 Å². The number of nitro groups is 1. The van der Waals surface area contributed by atoms with Crippen LogP contribution in [0.3, 0.4) is 0 Å². The van der Waals surface area contributed by atoms with E-state index in [1.807, 2.05) is 0 Å². The summed E-state index contributed by atoms with van der Waals surface area (Å²) in [5, 5.41) is 23.7. The highest BCUT2D eigenvalue weighted by Gasteiger charge is 2.17. The van der Waals surface area contributed by atoms with E-state index in [2.05, 4.69) is 26.2 Å². The van der Waals surface area contributed by atoms with E-state index in [1.165, 1.54) is 18.3 Å². The smallest absolute Gasteiger partial charge is 0.312 e. The Hall–Kier alpha value is -2.52. The minimum Gasteiger partial charge on any atom is -0.502 e. The lowest BCUT2D eigenvalue weighted by Crippen LogP contribution is -2.18. The molecule has 0 atom stereocenters. The fourth-order valence-electron chi connectivity index (χ4n) is 1.76. The molecule has 0 saturated carbocycles. The van der Waals surface area contributed by atoms with Gasteiger partial charge in [0, 0.05) is 28.0 Å². The van der Waals surface area contributed by atoms with Gasteiger partial charge in [0.2, 0.25) is 5.75 Å². The first-order valence-corrected chi connectivity index (χ1v) is 7.44. The van der Waals surface area contributed by atoms with E-state index in [0.29, 0.717) is 10.2 Å². The molecule has 7 nitrogen and oxygen atoms in total. The molecule has 0 heterocycles. The van der Waals surface area contributed by atoms with Crippen LogP contribution in [0.25, 0.3) is 0 Å². The fraction of sp³-hybridized carbons (Fsp3) is 0. The van der Waals surface area contributed by atoms with Gasteiger partial charge < -0.3 is 16.2 Å². The molecule has 23 heavy (non-hydrogen) atoms. The average molecular weight is 395 g/mol. The predicted molar refractivity (Wildman–Crippen MR) is 96.6 cm³/mol. The van der Waals surface area contributed by atoms with Crippen LogP contribution in [0.15, 0.2) is 45.9 Å². The molecule has 0 radical (unpaired) electrons. The number of nitrogens with one attached hydrogen (secondary N) is 1. The summed E-state index contributed by atoms with van der Waals surface area (Å²) in [4.78, 5) is 14.4. The van der Waals surface area contributed by atoms with Gasteiger partial charge >= 0.3 is 5.69 Å². The molecular formula is C14H11BrN4O3S. The summed E-state index contributed by atoms with van der Waals surface area (Å²) >= 11 is 7.90. The van der Waals surface area contributed by atoms with Crippen LogP contribution in [0.1, 0.15) is 5.56 Å². The Balaban J connectivity index is 2.26. The van der Waals surface area contributed by atoms with Crippen LogP contribution >= 0.6 is 28.1 Å². The Morgan fingerprint density at radius 2 is 2.04 bits per heavy atom. The first-order valence-electron chi connectivity index (χ1n) is 6.24. The third-order valence-electron chi connectivity index (χ3n) is 2.77. The number of nitrogens with zero attached hydrogens (tertiary/aromatic N) is 2. The van der Waals surface area contributed by atoms with E-state index in [0.717, 1.165) is 5.69 Å². The molecule has 0 amide bonds. The van der Waals surface area contributed by atoms with E-state index in [4.69, 9.17) is 18.0 Å². The van der Waals surface area contributed by atoms with Gasteiger partial charge in [-0.3, -0.25) is 15.1 Å². The van der Waals surface area contributed by atoms with Crippen molar-refractivity contribution in [3.8, 4) is 5.75 Å². The van der Waals surface area contributed by atoms with Crippen LogP contribution in [-0.2, 0) is 0 Å². The summed E-state index contributed by atoms with van der Waals surface area (Å²) in [6, 6.07) is 9.64. The van der Waals surface area contributed by atoms with Crippen molar-refractivity contribution in [3.05, 3.63) is 56.5 Å². The van der Waals surface area contributed by atoms with Crippen molar-refractivity contribution < 1.29 is 10.0 Å². The molecule has 2 aromatic carbocycles. The van der Waals surface area contributed by atoms with Gasteiger partial charge in [0.25, 0.3) is 0 Å². The lowest BCUT2D eigenvalue weighted by molar-refractivity contribution is -0.385. The molecule has 118 valence electrons. The molecule has 0 aliphatic rings. The zero-order valence-electron chi connectivity index (χ0n) is 11.6. The van der Waals surface area contributed by atoms with Crippen molar-refractivity contribution in [1.29, 1.82) is 0 Å². The number of anilines is 1. The highest BCUT2D eigenvalue weighted by atomic mass is 79.9. The Labute approximate surface area is 145 Å². The fourth-order valence-corrected chi connectivity index (χ4v) is 2.34. The molecule has 2 aromatic rings. The number of phenolic OH excluding ortho intramolecular Hbond substituents is 1. The second-order valence-corrected chi connectivity index (χ2v) is 5.77. The molecule has 9 heteroatoms. The summed E-state index contributed by atoms with van der Waals surface area (Å²) in [5.41, 5.74) is 6.53. The van der Waals surface area contributed by atoms with Crippen molar-refractivity contribution in [2.24, 2.45) is 10.7 Å². The number of thiocarbonyl (C=S) groups is 1. The minimum atomic E-state index is -0.659. The number of rotatable bonds is 4. The molecule has 0 spiro atoms. The van der Waals surface area contributed by atoms with Crippen LogP contribution in [0.4, 0.5) is 17.1 Å². The Bertz CT molecular complexity index is 793. The summed E-state index contributed by atoms with van der Waals surface area (Å²) in [7, 11) is 0. The topological polar surface area (TPSA) is 114 Å². The normalized spacial score (nSPS) is 10.7. The van der Waals surface area contributed by atoms with Crippen LogP contribution in [0.5, 0.6) is 5.75 Å². The molecule has 0 bridgehead atoms. The van der Waals surface area contributed by atoms with Gasteiger partial charge in [0.05, 0.1) is 10.6 Å². The zero-order chi connectivity index (χ0) is 17.0. The molecule has 0 aliphatic carbocycles. The number of hydrogen-bond donors (Lipinski definition) is 3. The monoisotopic (exact) mass is 394 g/mol. The van der Waals surface area contributed by atoms with Gasteiger partial charge in [-0.2, -0.15) is 0 Å². The molecule has 2 rings (SSSR count). The molecule has 0 unspecified atom stereocenters. The third-order valence-corrected chi connectivity index (χ3v) is 3.33. The van der Waals surface area contributed by atoms with Gasteiger partial charge in [-0.1, -0.05) is 15.9 Å². The predicted octanol–water partition coefficient (Wildman–Crippen LogP) is 3.47. The van der Waals surface area contributed by atoms with Crippen molar-refractivity contribution in [1.82, 2.24) is 0 Å². The molecule has 0 fully saturated rings. The summed E-state index contributed by atoms with van der Waals surface area (Å²) in [6.45, 7) is 0. The van der Waals surface area contributed by atoms with Crippen LogP contribution < -0.4 is 11.1 Å². The molecule has 0 aromatic heterocycles. The number of aromatic hydroxyl groups is 1. The Morgan fingerprint density at radius 1 is 1.39 bits per heavy atom. The Morgan fingerprint density at radius 3 is 2.61 bits per heavy atom. The van der Waals surface area contributed by atoms with E-state index in [1.54, 1.807) is 24.3 Å². The first kappa shape index (κ1) is 16.8. The van der Waals surface area contributed by atoms with Gasteiger partial charge in [-0.05, 0) is 42.5 Å². The number of hydrogen-bond acceptors (Lipinski definition) is 5. The SMILES string of the molecule is NC(=S)Nc1ccc(N=Cc2cc(Br)cc([N+](=O)[O-])c2O)cc1. The minimum absolute atomic E-state index is 0.160. The second kappa shape index (κ2) is 7.16. The molecule has 0 aliphatic heterocycles. The van der Waals surface area contributed by atoms with E-state index in [-0.39, 0.29) is 10.7 Å². The Kier molecular flexibility index (Phi) is 5.24.